The van der Waals surface area contributed by atoms with E-state index < -0.39 is 22.0 Å². The second kappa shape index (κ2) is 8.62. The number of sulfonamides is 1. The number of benzene rings is 2. The molecule has 1 atom stereocenters. The van der Waals surface area contributed by atoms with E-state index in [-0.39, 0.29) is 16.5 Å². The minimum absolute atomic E-state index is 0.144. The van der Waals surface area contributed by atoms with Gasteiger partial charge in [0, 0.05) is 11.3 Å². The molecule has 0 bridgehead atoms. The Morgan fingerprint density at radius 1 is 1.18 bits per heavy atom. The van der Waals surface area contributed by atoms with Crippen molar-refractivity contribution in [2.75, 3.05) is 23.0 Å². The molecule has 0 spiro atoms. The van der Waals surface area contributed by atoms with E-state index in [0.29, 0.717) is 17.0 Å². The van der Waals surface area contributed by atoms with Crippen LogP contribution in [0.4, 0.5) is 11.4 Å². The molecule has 0 saturated carbocycles. The molecular formula is C19H21ClN2O5S. The number of nitrogens with zero attached hydrogens (tertiary/aromatic N) is 1. The predicted molar refractivity (Wildman–Crippen MR) is 110 cm³/mol. The molecule has 0 radical (unpaired) electrons. The Balaban J connectivity index is 2.34. The third-order valence-corrected chi connectivity index (χ3v) is 5.55. The number of anilines is 2. The summed E-state index contributed by atoms with van der Waals surface area (Å²) in [6.07, 6.45) is 1.01. The molecule has 2 aromatic carbocycles. The van der Waals surface area contributed by atoms with Crippen LogP contribution in [-0.2, 0) is 14.8 Å². The van der Waals surface area contributed by atoms with Gasteiger partial charge in [0.15, 0.2) is 5.78 Å². The van der Waals surface area contributed by atoms with Crippen LogP contribution in [-0.4, -0.2) is 39.5 Å². The molecule has 0 saturated heterocycles. The summed E-state index contributed by atoms with van der Waals surface area (Å²) in [6, 6.07) is 9.79. The van der Waals surface area contributed by atoms with Gasteiger partial charge >= 0.3 is 0 Å². The van der Waals surface area contributed by atoms with Crippen molar-refractivity contribution in [1.82, 2.24) is 0 Å². The molecule has 9 heteroatoms. The molecule has 0 heterocycles. The zero-order chi connectivity index (χ0) is 21.1. The maximum Gasteiger partial charge on any atom is 0.247 e. The van der Waals surface area contributed by atoms with Crippen molar-refractivity contribution >= 4 is 44.7 Å². The van der Waals surface area contributed by atoms with E-state index in [4.69, 9.17) is 16.3 Å². The molecule has 0 aromatic heterocycles. The van der Waals surface area contributed by atoms with Gasteiger partial charge in [0.25, 0.3) is 0 Å². The number of hydrogen-bond donors (Lipinski definition) is 1. The Morgan fingerprint density at radius 2 is 1.86 bits per heavy atom. The van der Waals surface area contributed by atoms with Crippen molar-refractivity contribution in [3.63, 3.8) is 0 Å². The number of Topliss-reactive ketones (excluding diaryl/α,β-unsaturated/α-hetero) is 1. The maximum absolute atomic E-state index is 12.7. The fraction of sp³-hybridized carbons (Fsp3) is 0.263. The van der Waals surface area contributed by atoms with Gasteiger partial charge in [0.1, 0.15) is 11.8 Å². The number of carbonyl (C=O) groups excluding carboxylic acids is 2. The maximum atomic E-state index is 12.7. The van der Waals surface area contributed by atoms with Gasteiger partial charge in [-0.25, -0.2) is 8.42 Å². The number of ether oxygens (including phenoxy) is 1. The van der Waals surface area contributed by atoms with Crippen molar-refractivity contribution in [1.29, 1.82) is 0 Å². The van der Waals surface area contributed by atoms with Crippen molar-refractivity contribution in [3.05, 3.63) is 53.1 Å². The van der Waals surface area contributed by atoms with Gasteiger partial charge in [-0.1, -0.05) is 23.7 Å². The van der Waals surface area contributed by atoms with Crippen LogP contribution in [0.25, 0.3) is 0 Å². The topological polar surface area (TPSA) is 92.8 Å². The largest absolute Gasteiger partial charge is 0.495 e. The first kappa shape index (κ1) is 21.7. The van der Waals surface area contributed by atoms with Crippen molar-refractivity contribution in [3.8, 4) is 5.75 Å². The zero-order valence-corrected chi connectivity index (χ0v) is 17.5. The number of hydrogen-bond acceptors (Lipinski definition) is 5. The number of carbonyl (C=O) groups is 2. The summed E-state index contributed by atoms with van der Waals surface area (Å²) in [5.74, 6) is -0.315. The number of methoxy groups -OCH3 is 1. The van der Waals surface area contributed by atoms with E-state index in [2.05, 4.69) is 5.32 Å². The molecule has 0 unspecified atom stereocenters. The average molecular weight is 425 g/mol. The molecule has 7 nitrogen and oxygen atoms in total. The standard InChI is InChI=1S/C19H21ClN2O5S/c1-12(19(24)21-15-7-5-6-14(10-15)13(2)23)22(28(4,25)26)16-8-9-18(27-3)17(20)11-16/h5-12H,1-4H3,(H,21,24)/t12-/m1/s1. The van der Waals surface area contributed by atoms with Crippen molar-refractivity contribution < 1.29 is 22.7 Å². The van der Waals surface area contributed by atoms with Crippen LogP contribution in [0.1, 0.15) is 24.2 Å². The monoisotopic (exact) mass is 424 g/mol. The van der Waals surface area contributed by atoms with Gasteiger partial charge < -0.3 is 10.1 Å². The molecule has 0 aliphatic carbocycles. The molecule has 0 aliphatic rings. The number of ketones is 1. The summed E-state index contributed by atoms with van der Waals surface area (Å²) in [6.45, 7) is 2.88. The van der Waals surface area contributed by atoms with Gasteiger partial charge in [-0.05, 0) is 44.2 Å². The van der Waals surface area contributed by atoms with E-state index >= 15 is 0 Å². The highest BCUT2D eigenvalue weighted by atomic mass is 35.5. The summed E-state index contributed by atoms with van der Waals surface area (Å²) in [5, 5.41) is 2.86. The van der Waals surface area contributed by atoms with Crippen LogP contribution >= 0.6 is 11.6 Å². The molecule has 0 fully saturated rings. The molecule has 2 aromatic rings. The second-order valence-electron chi connectivity index (χ2n) is 6.18. The lowest BCUT2D eigenvalue weighted by molar-refractivity contribution is -0.116. The Kier molecular flexibility index (Phi) is 6.69. The van der Waals surface area contributed by atoms with Crippen LogP contribution in [0.2, 0.25) is 5.02 Å². The molecule has 150 valence electrons. The van der Waals surface area contributed by atoms with Crippen LogP contribution in [0.15, 0.2) is 42.5 Å². The number of amides is 1. The van der Waals surface area contributed by atoms with Gasteiger partial charge in [-0.3, -0.25) is 13.9 Å². The molecule has 1 N–H and O–H groups in total. The fourth-order valence-electron chi connectivity index (χ4n) is 2.66. The highest BCUT2D eigenvalue weighted by Gasteiger charge is 2.29. The molecule has 1 amide bonds. The highest BCUT2D eigenvalue weighted by molar-refractivity contribution is 7.92. The fourth-order valence-corrected chi connectivity index (χ4v) is 4.08. The minimum atomic E-state index is -3.79. The lowest BCUT2D eigenvalue weighted by Gasteiger charge is -2.28. The molecule has 2 rings (SSSR count). The quantitative estimate of drug-likeness (QED) is 0.688. The summed E-state index contributed by atoms with van der Waals surface area (Å²) in [5.41, 5.74) is 1.06. The summed E-state index contributed by atoms with van der Waals surface area (Å²) in [4.78, 5) is 24.2. The van der Waals surface area contributed by atoms with Gasteiger partial charge in [0.2, 0.25) is 15.9 Å². The molecule has 0 aliphatic heterocycles. The van der Waals surface area contributed by atoms with Crippen LogP contribution in [0.5, 0.6) is 5.75 Å². The van der Waals surface area contributed by atoms with Crippen LogP contribution in [0, 0.1) is 0 Å². The number of nitrogens with one attached hydrogen (secondary N) is 1. The van der Waals surface area contributed by atoms with E-state index in [9.17, 15) is 18.0 Å². The normalized spacial score (nSPS) is 12.2. The van der Waals surface area contributed by atoms with Crippen LogP contribution < -0.4 is 14.4 Å². The van der Waals surface area contributed by atoms with Crippen molar-refractivity contribution in [2.45, 2.75) is 19.9 Å². The Bertz CT molecular complexity index is 1010. The highest BCUT2D eigenvalue weighted by Crippen LogP contribution is 2.31. The SMILES string of the molecule is COc1ccc(N([C@H](C)C(=O)Nc2cccc(C(C)=O)c2)S(C)(=O)=O)cc1Cl. The lowest BCUT2D eigenvalue weighted by atomic mass is 10.1. The van der Waals surface area contributed by atoms with E-state index in [1.165, 1.54) is 45.2 Å². The minimum Gasteiger partial charge on any atom is -0.495 e. The van der Waals surface area contributed by atoms with E-state index in [0.717, 1.165) is 10.6 Å². The Labute approximate surface area is 169 Å². The molecular weight excluding hydrogens is 404 g/mol. The summed E-state index contributed by atoms with van der Waals surface area (Å²) in [7, 11) is -2.35. The second-order valence-corrected chi connectivity index (χ2v) is 8.45. The Hall–Kier alpha value is -2.58. The van der Waals surface area contributed by atoms with Crippen molar-refractivity contribution in [2.24, 2.45) is 0 Å². The van der Waals surface area contributed by atoms with Gasteiger partial charge in [-0.2, -0.15) is 0 Å². The first-order valence-corrected chi connectivity index (χ1v) is 10.5. The van der Waals surface area contributed by atoms with E-state index in [1.54, 1.807) is 18.2 Å². The number of halogens is 1. The zero-order valence-electron chi connectivity index (χ0n) is 15.9. The van der Waals surface area contributed by atoms with Gasteiger partial charge in [0.05, 0.1) is 24.1 Å². The summed E-state index contributed by atoms with van der Waals surface area (Å²) >= 11 is 6.11. The smallest absolute Gasteiger partial charge is 0.247 e. The van der Waals surface area contributed by atoms with Gasteiger partial charge in [-0.15, -0.1) is 0 Å². The Morgan fingerprint density at radius 3 is 2.39 bits per heavy atom. The predicted octanol–water partition coefficient (Wildman–Crippen LogP) is 3.34. The molecule has 28 heavy (non-hydrogen) atoms. The third-order valence-electron chi connectivity index (χ3n) is 4.01. The third kappa shape index (κ3) is 5.02. The first-order chi connectivity index (χ1) is 13.0. The first-order valence-electron chi connectivity index (χ1n) is 8.29. The van der Waals surface area contributed by atoms with Crippen LogP contribution in [0.3, 0.4) is 0 Å². The average Bonchev–Trinajstić information content (AvgIpc) is 2.61. The number of rotatable bonds is 7. The summed E-state index contributed by atoms with van der Waals surface area (Å²) < 4.78 is 30.8. The lowest BCUT2D eigenvalue weighted by Crippen LogP contribution is -2.45. The van der Waals surface area contributed by atoms with E-state index in [1.807, 2.05) is 0 Å².